The fourth-order valence-electron chi connectivity index (χ4n) is 1.71. The molecule has 0 aliphatic rings. The molecule has 0 spiro atoms. The second-order valence-corrected chi connectivity index (χ2v) is 4.10. The molecule has 0 radical (unpaired) electrons. The van der Waals surface area contributed by atoms with Crippen molar-refractivity contribution in [2.24, 2.45) is 0 Å². The lowest BCUT2D eigenvalue weighted by atomic mass is 10.1. The van der Waals surface area contributed by atoms with Gasteiger partial charge in [0.05, 0.1) is 12.2 Å². The first kappa shape index (κ1) is 14.1. The van der Waals surface area contributed by atoms with E-state index < -0.39 is 11.6 Å². The summed E-state index contributed by atoms with van der Waals surface area (Å²) in [5, 5.41) is 0. The summed E-state index contributed by atoms with van der Waals surface area (Å²) in [6.07, 6.45) is 0. The molecule has 0 saturated heterocycles. The van der Waals surface area contributed by atoms with E-state index in [0.717, 1.165) is 5.75 Å². The van der Waals surface area contributed by atoms with Gasteiger partial charge < -0.3 is 9.47 Å². The van der Waals surface area contributed by atoms with E-state index in [9.17, 15) is 9.18 Å². The maximum atomic E-state index is 13.4. The Bertz CT molecular complexity index is 579. The number of ether oxygens (including phenoxy) is 2. The van der Waals surface area contributed by atoms with Gasteiger partial charge in [0, 0.05) is 0 Å². The van der Waals surface area contributed by atoms with Gasteiger partial charge in [-0.1, -0.05) is 12.1 Å². The van der Waals surface area contributed by atoms with Crippen molar-refractivity contribution < 1.29 is 18.7 Å². The highest BCUT2D eigenvalue weighted by molar-refractivity contribution is 5.97. The normalized spacial score (nSPS) is 10.1. The fraction of sp³-hybridized carbons (Fsp3) is 0.188. The molecule has 0 heterocycles. The average molecular weight is 274 g/mol. The van der Waals surface area contributed by atoms with Gasteiger partial charge >= 0.3 is 0 Å². The van der Waals surface area contributed by atoms with Crippen LogP contribution in [0.15, 0.2) is 48.5 Å². The number of carbonyl (C=O) groups is 1. The third kappa shape index (κ3) is 3.57. The van der Waals surface area contributed by atoms with Gasteiger partial charge in [-0.05, 0) is 43.3 Å². The molecule has 4 heteroatoms. The van der Waals surface area contributed by atoms with Crippen molar-refractivity contribution in [1.82, 2.24) is 0 Å². The zero-order valence-corrected chi connectivity index (χ0v) is 11.1. The Kier molecular flexibility index (Phi) is 4.71. The Hall–Kier alpha value is -2.36. The van der Waals surface area contributed by atoms with Crippen LogP contribution in [0, 0.1) is 5.82 Å². The summed E-state index contributed by atoms with van der Waals surface area (Å²) in [6, 6.07) is 12.8. The maximum Gasteiger partial charge on any atom is 0.203 e. The second-order valence-electron chi connectivity index (χ2n) is 4.10. The van der Waals surface area contributed by atoms with Crippen molar-refractivity contribution in [1.29, 1.82) is 0 Å². The van der Waals surface area contributed by atoms with E-state index in [1.165, 1.54) is 12.1 Å². The summed E-state index contributed by atoms with van der Waals surface area (Å²) < 4.78 is 24.0. The Morgan fingerprint density at radius 2 is 1.60 bits per heavy atom. The van der Waals surface area contributed by atoms with Gasteiger partial charge in [0.25, 0.3) is 0 Å². The zero-order valence-electron chi connectivity index (χ0n) is 11.1. The lowest BCUT2D eigenvalue weighted by Gasteiger charge is -2.07. The molecule has 0 amide bonds. The van der Waals surface area contributed by atoms with Crippen LogP contribution in [0.1, 0.15) is 17.3 Å². The zero-order chi connectivity index (χ0) is 14.4. The minimum absolute atomic E-state index is 0.0402. The third-order valence-electron chi connectivity index (χ3n) is 2.68. The highest BCUT2D eigenvalue weighted by atomic mass is 19.1. The summed E-state index contributed by atoms with van der Waals surface area (Å²) in [6.45, 7) is 2.29. The fourth-order valence-corrected chi connectivity index (χ4v) is 1.71. The van der Waals surface area contributed by atoms with Crippen LogP contribution in [0.4, 0.5) is 4.39 Å². The van der Waals surface area contributed by atoms with Crippen LogP contribution in [0.3, 0.4) is 0 Å². The quantitative estimate of drug-likeness (QED) is 0.756. The summed E-state index contributed by atoms with van der Waals surface area (Å²) in [5.41, 5.74) is 0.0402. The molecule has 0 aliphatic heterocycles. The molecule has 0 N–H and O–H groups in total. The van der Waals surface area contributed by atoms with Gasteiger partial charge in [0.1, 0.15) is 17.3 Å². The van der Waals surface area contributed by atoms with Crippen molar-refractivity contribution in [2.45, 2.75) is 6.92 Å². The topological polar surface area (TPSA) is 35.5 Å². The molecule has 0 unspecified atom stereocenters. The number of halogens is 1. The third-order valence-corrected chi connectivity index (χ3v) is 2.68. The molecule has 104 valence electrons. The molecule has 20 heavy (non-hydrogen) atoms. The van der Waals surface area contributed by atoms with Crippen molar-refractivity contribution in [3.8, 4) is 11.5 Å². The van der Waals surface area contributed by atoms with Gasteiger partial charge in [-0.2, -0.15) is 0 Å². The van der Waals surface area contributed by atoms with Crippen LogP contribution < -0.4 is 9.47 Å². The largest absolute Gasteiger partial charge is 0.494 e. The monoisotopic (exact) mass is 274 g/mol. The minimum atomic E-state index is -0.534. The number of benzene rings is 2. The van der Waals surface area contributed by atoms with Crippen molar-refractivity contribution in [3.63, 3.8) is 0 Å². The molecule has 2 aromatic rings. The van der Waals surface area contributed by atoms with E-state index in [4.69, 9.17) is 9.47 Å². The number of carbonyl (C=O) groups excluding carboxylic acids is 1. The number of ketones is 1. The molecule has 3 nitrogen and oxygen atoms in total. The molecule has 0 saturated carbocycles. The molecular formula is C16H15FO3. The molecule has 0 atom stereocenters. The van der Waals surface area contributed by atoms with Crippen LogP contribution in [-0.4, -0.2) is 19.0 Å². The predicted molar refractivity (Wildman–Crippen MR) is 73.8 cm³/mol. The predicted octanol–water partition coefficient (Wildman–Crippen LogP) is 3.49. The van der Waals surface area contributed by atoms with E-state index in [1.807, 2.05) is 6.92 Å². The number of hydrogen-bond donors (Lipinski definition) is 0. The maximum absolute atomic E-state index is 13.4. The van der Waals surface area contributed by atoms with Gasteiger partial charge in [-0.25, -0.2) is 4.39 Å². The highest BCUT2D eigenvalue weighted by Crippen LogP contribution is 2.18. The van der Waals surface area contributed by atoms with Gasteiger partial charge in [-0.15, -0.1) is 0 Å². The Balaban J connectivity index is 1.95. The molecule has 0 fully saturated rings. The Labute approximate surface area is 117 Å². The van der Waals surface area contributed by atoms with E-state index in [0.29, 0.717) is 12.4 Å². The van der Waals surface area contributed by atoms with Crippen molar-refractivity contribution in [3.05, 3.63) is 59.9 Å². The molecule has 2 rings (SSSR count). The van der Waals surface area contributed by atoms with Crippen molar-refractivity contribution in [2.75, 3.05) is 13.2 Å². The summed E-state index contributed by atoms with van der Waals surface area (Å²) in [4.78, 5) is 11.8. The van der Waals surface area contributed by atoms with E-state index >= 15 is 0 Å². The van der Waals surface area contributed by atoms with Crippen LogP contribution in [0.2, 0.25) is 0 Å². The summed E-state index contributed by atoms with van der Waals surface area (Å²) in [5.74, 6) is 0.350. The lowest BCUT2D eigenvalue weighted by molar-refractivity contribution is 0.0917. The smallest absolute Gasteiger partial charge is 0.203 e. The lowest BCUT2D eigenvalue weighted by Crippen LogP contribution is -2.13. The standard InChI is InChI=1S/C16H15FO3/c1-2-19-12-7-9-13(10-8-12)20-11-16(18)14-5-3-4-6-15(14)17/h3-10H,2,11H2,1H3. The first-order valence-corrected chi connectivity index (χ1v) is 6.34. The van der Waals surface area contributed by atoms with Crippen LogP contribution in [-0.2, 0) is 0 Å². The summed E-state index contributed by atoms with van der Waals surface area (Å²) >= 11 is 0. The number of hydrogen-bond acceptors (Lipinski definition) is 3. The Morgan fingerprint density at radius 3 is 2.20 bits per heavy atom. The first-order valence-electron chi connectivity index (χ1n) is 6.34. The second kappa shape index (κ2) is 6.70. The van der Waals surface area contributed by atoms with Gasteiger partial charge in [-0.3, -0.25) is 4.79 Å². The van der Waals surface area contributed by atoms with E-state index in [-0.39, 0.29) is 12.2 Å². The SMILES string of the molecule is CCOc1ccc(OCC(=O)c2ccccc2F)cc1. The van der Waals surface area contributed by atoms with E-state index in [1.54, 1.807) is 36.4 Å². The molecule has 0 bridgehead atoms. The van der Waals surface area contributed by atoms with Crippen molar-refractivity contribution >= 4 is 5.78 Å². The Morgan fingerprint density at radius 1 is 1.00 bits per heavy atom. The molecular weight excluding hydrogens is 259 g/mol. The molecule has 2 aromatic carbocycles. The average Bonchev–Trinajstić information content (AvgIpc) is 2.47. The molecule has 0 aliphatic carbocycles. The molecule has 0 aromatic heterocycles. The minimum Gasteiger partial charge on any atom is -0.494 e. The van der Waals surface area contributed by atoms with Crippen LogP contribution in [0.5, 0.6) is 11.5 Å². The number of rotatable bonds is 6. The highest BCUT2D eigenvalue weighted by Gasteiger charge is 2.11. The van der Waals surface area contributed by atoms with Gasteiger partial charge in [0.15, 0.2) is 6.61 Å². The van der Waals surface area contributed by atoms with Gasteiger partial charge in [0.2, 0.25) is 5.78 Å². The van der Waals surface area contributed by atoms with Crippen LogP contribution in [0.25, 0.3) is 0 Å². The van der Waals surface area contributed by atoms with Crippen LogP contribution >= 0.6 is 0 Å². The summed E-state index contributed by atoms with van der Waals surface area (Å²) in [7, 11) is 0. The van der Waals surface area contributed by atoms with E-state index in [2.05, 4.69) is 0 Å². The number of Topliss-reactive ketones (excluding diaryl/α,β-unsaturated/α-hetero) is 1. The first-order chi connectivity index (χ1) is 9.70.